The van der Waals surface area contributed by atoms with E-state index in [1.807, 2.05) is 6.07 Å². The number of carbonyl (C=O) groups is 1. The van der Waals surface area contributed by atoms with E-state index in [1.54, 1.807) is 12.0 Å². The predicted molar refractivity (Wildman–Crippen MR) is 75.3 cm³/mol. The molecule has 0 spiro atoms. The van der Waals surface area contributed by atoms with E-state index >= 15 is 0 Å². The molecule has 0 aliphatic heterocycles. The molecule has 0 N–H and O–H groups in total. The third kappa shape index (κ3) is 3.47. The molecule has 0 saturated carbocycles. The second-order valence-corrected chi connectivity index (χ2v) is 4.31. The molecule has 0 aliphatic rings. The van der Waals surface area contributed by atoms with Crippen LogP contribution in [0.15, 0.2) is 18.2 Å². The minimum absolute atomic E-state index is 0.0388. The summed E-state index contributed by atoms with van der Waals surface area (Å²) in [5.74, 6) is -0.176. The van der Waals surface area contributed by atoms with Crippen molar-refractivity contribution in [1.29, 1.82) is 0 Å². The van der Waals surface area contributed by atoms with Gasteiger partial charge in [0.15, 0.2) is 0 Å². The second kappa shape index (κ2) is 7.39. The molecule has 0 atom stereocenters. The molecule has 3 nitrogen and oxygen atoms in total. The minimum Gasteiger partial charge on any atom is -0.364 e. The van der Waals surface area contributed by atoms with Crippen molar-refractivity contribution in [3.05, 3.63) is 29.3 Å². The Kier molecular flexibility index (Phi) is 6.16. The van der Waals surface area contributed by atoms with Crippen LogP contribution in [0.2, 0.25) is 0 Å². The van der Waals surface area contributed by atoms with Crippen molar-refractivity contribution in [1.82, 2.24) is 0 Å². The first-order valence-electron chi connectivity index (χ1n) is 6.14. The predicted octanol–water partition coefficient (Wildman–Crippen LogP) is 2.99. The molecule has 1 aromatic rings. The number of halogens is 1. The maximum absolute atomic E-state index is 11.9. The van der Waals surface area contributed by atoms with Gasteiger partial charge in [-0.2, -0.15) is 0 Å². The van der Waals surface area contributed by atoms with Crippen LogP contribution in [-0.4, -0.2) is 25.6 Å². The molecule has 0 heterocycles. The zero-order valence-corrected chi connectivity index (χ0v) is 12.0. The molecule has 0 radical (unpaired) electrons. The topological polar surface area (TPSA) is 29.5 Å². The van der Waals surface area contributed by atoms with Gasteiger partial charge in [0, 0.05) is 12.8 Å². The molecular weight excluding hydrogens is 250 g/mol. The Morgan fingerprint density at radius 3 is 2.56 bits per heavy atom. The minimum atomic E-state index is -0.138. The standard InChI is InChI=1S/C14H20ClNO2/c1-4-11-6-7-12(5-2)13(8-11)16(10-18-3)14(17)9-15/h6-8H,4-5,9-10H2,1-3H3. The lowest BCUT2D eigenvalue weighted by Gasteiger charge is -2.24. The van der Waals surface area contributed by atoms with Gasteiger partial charge < -0.3 is 4.74 Å². The van der Waals surface area contributed by atoms with Gasteiger partial charge in [-0.05, 0) is 30.0 Å². The molecular formula is C14H20ClNO2. The number of rotatable bonds is 6. The molecule has 0 aromatic heterocycles. The van der Waals surface area contributed by atoms with Crippen LogP contribution < -0.4 is 4.90 Å². The van der Waals surface area contributed by atoms with Gasteiger partial charge in [0.05, 0.1) is 0 Å². The first kappa shape index (κ1) is 15.0. The summed E-state index contributed by atoms with van der Waals surface area (Å²) in [5, 5.41) is 0. The molecule has 0 bridgehead atoms. The van der Waals surface area contributed by atoms with E-state index in [0.29, 0.717) is 0 Å². The number of hydrogen-bond donors (Lipinski definition) is 0. The van der Waals surface area contributed by atoms with Crippen molar-refractivity contribution in [3.63, 3.8) is 0 Å². The van der Waals surface area contributed by atoms with E-state index in [0.717, 1.165) is 24.1 Å². The number of ether oxygens (including phenoxy) is 1. The number of alkyl halides is 1. The molecule has 0 unspecified atom stereocenters. The van der Waals surface area contributed by atoms with E-state index in [2.05, 4.69) is 26.0 Å². The van der Waals surface area contributed by atoms with Crippen molar-refractivity contribution < 1.29 is 9.53 Å². The monoisotopic (exact) mass is 269 g/mol. The Hall–Kier alpha value is -1.06. The Balaban J connectivity index is 3.19. The Morgan fingerprint density at radius 1 is 1.33 bits per heavy atom. The van der Waals surface area contributed by atoms with Crippen LogP contribution in [0.25, 0.3) is 0 Å². The average molecular weight is 270 g/mol. The zero-order chi connectivity index (χ0) is 13.5. The van der Waals surface area contributed by atoms with Crippen LogP contribution in [0.4, 0.5) is 5.69 Å². The van der Waals surface area contributed by atoms with E-state index < -0.39 is 0 Å². The summed E-state index contributed by atoms with van der Waals surface area (Å²) in [4.78, 5) is 13.5. The van der Waals surface area contributed by atoms with Gasteiger partial charge in [-0.1, -0.05) is 26.0 Å². The number of anilines is 1. The van der Waals surface area contributed by atoms with Crippen LogP contribution in [0, 0.1) is 0 Å². The number of benzene rings is 1. The zero-order valence-electron chi connectivity index (χ0n) is 11.2. The third-order valence-corrected chi connectivity index (χ3v) is 3.13. The fraction of sp³-hybridized carbons (Fsp3) is 0.500. The van der Waals surface area contributed by atoms with Crippen LogP contribution >= 0.6 is 11.6 Å². The molecule has 1 rings (SSSR count). The SMILES string of the molecule is CCc1ccc(CC)c(N(COC)C(=O)CCl)c1. The van der Waals surface area contributed by atoms with Gasteiger partial charge in [0.2, 0.25) is 5.91 Å². The van der Waals surface area contributed by atoms with Crippen LogP contribution in [0.5, 0.6) is 0 Å². The number of amides is 1. The van der Waals surface area contributed by atoms with Crippen molar-refractivity contribution in [2.45, 2.75) is 26.7 Å². The molecule has 100 valence electrons. The fourth-order valence-electron chi connectivity index (χ4n) is 1.86. The lowest BCUT2D eigenvalue weighted by atomic mass is 10.0. The molecule has 4 heteroatoms. The summed E-state index contributed by atoms with van der Waals surface area (Å²) in [6.07, 6.45) is 1.81. The summed E-state index contributed by atoms with van der Waals surface area (Å²) in [6.45, 7) is 4.39. The number of aryl methyl sites for hydroxylation is 2. The summed E-state index contributed by atoms with van der Waals surface area (Å²) < 4.78 is 5.10. The lowest BCUT2D eigenvalue weighted by molar-refractivity contribution is -0.117. The summed E-state index contributed by atoms with van der Waals surface area (Å²) in [6, 6.07) is 6.21. The van der Waals surface area contributed by atoms with Crippen molar-refractivity contribution in [2.75, 3.05) is 24.6 Å². The van der Waals surface area contributed by atoms with Crippen LogP contribution in [0.1, 0.15) is 25.0 Å². The van der Waals surface area contributed by atoms with Gasteiger partial charge in [-0.15, -0.1) is 11.6 Å². The second-order valence-electron chi connectivity index (χ2n) is 4.04. The molecule has 1 amide bonds. The molecule has 0 saturated heterocycles. The normalized spacial score (nSPS) is 10.4. The van der Waals surface area contributed by atoms with Gasteiger partial charge in [0.25, 0.3) is 0 Å². The van der Waals surface area contributed by atoms with E-state index in [-0.39, 0.29) is 18.5 Å². The highest BCUT2D eigenvalue weighted by molar-refractivity contribution is 6.29. The van der Waals surface area contributed by atoms with Gasteiger partial charge >= 0.3 is 0 Å². The number of nitrogens with zero attached hydrogens (tertiary/aromatic N) is 1. The van der Waals surface area contributed by atoms with Crippen LogP contribution in [-0.2, 0) is 22.4 Å². The summed E-state index contributed by atoms with van der Waals surface area (Å²) in [5.41, 5.74) is 3.23. The molecule has 1 aromatic carbocycles. The van der Waals surface area contributed by atoms with E-state index in [1.165, 1.54) is 5.56 Å². The highest BCUT2D eigenvalue weighted by Crippen LogP contribution is 2.24. The first-order chi connectivity index (χ1) is 8.67. The quantitative estimate of drug-likeness (QED) is 0.587. The fourth-order valence-corrected chi connectivity index (χ4v) is 2.00. The van der Waals surface area contributed by atoms with Gasteiger partial charge in [0.1, 0.15) is 12.6 Å². The summed E-state index contributed by atoms with van der Waals surface area (Å²) >= 11 is 5.65. The molecule has 0 aliphatic carbocycles. The number of hydrogen-bond acceptors (Lipinski definition) is 2. The van der Waals surface area contributed by atoms with Gasteiger partial charge in [-0.3, -0.25) is 9.69 Å². The Morgan fingerprint density at radius 2 is 2.06 bits per heavy atom. The van der Waals surface area contributed by atoms with Crippen molar-refractivity contribution in [2.24, 2.45) is 0 Å². The van der Waals surface area contributed by atoms with Gasteiger partial charge in [-0.25, -0.2) is 0 Å². The number of carbonyl (C=O) groups excluding carboxylic acids is 1. The number of methoxy groups -OCH3 is 1. The maximum Gasteiger partial charge on any atom is 0.243 e. The smallest absolute Gasteiger partial charge is 0.243 e. The molecule has 18 heavy (non-hydrogen) atoms. The maximum atomic E-state index is 11.9. The summed E-state index contributed by atoms with van der Waals surface area (Å²) in [7, 11) is 1.57. The highest BCUT2D eigenvalue weighted by Gasteiger charge is 2.17. The largest absolute Gasteiger partial charge is 0.364 e. The Bertz CT molecular complexity index is 407. The third-order valence-electron chi connectivity index (χ3n) is 2.90. The van der Waals surface area contributed by atoms with Crippen molar-refractivity contribution in [3.8, 4) is 0 Å². The highest BCUT2D eigenvalue weighted by atomic mass is 35.5. The van der Waals surface area contributed by atoms with E-state index in [4.69, 9.17) is 16.3 Å². The van der Waals surface area contributed by atoms with E-state index in [9.17, 15) is 4.79 Å². The average Bonchev–Trinajstić information content (AvgIpc) is 2.43. The van der Waals surface area contributed by atoms with Crippen molar-refractivity contribution >= 4 is 23.2 Å². The van der Waals surface area contributed by atoms with Crippen LogP contribution in [0.3, 0.4) is 0 Å². The molecule has 0 fully saturated rings. The lowest BCUT2D eigenvalue weighted by Crippen LogP contribution is -2.34. The first-order valence-corrected chi connectivity index (χ1v) is 6.68. The Labute approximate surface area is 114 Å².